The van der Waals surface area contributed by atoms with Crippen LogP contribution in [0, 0.1) is 0 Å². The molecule has 2 rings (SSSR count). The average Bonchev–Trinajstić information content (AvgIpc) is 2.89. The van der Waals surface area contributed by atoms with Crippen LogP contribution in [-0.4, -0.2) is 31.8 Å². The van der Waals surface area contributed by atoms with Gasteiger partial charge in [0.1, 0.15) is 18.2 Å². The molecule has 2 aromatic heterocycles. The Balaban J connectivity index is 1.74. The first-order valence-corrected chi connectivity index (χ1v) is 5.67. The Morgan fingerprint density at radius 2 is 2.33 bits per heavy atom. The summed E-state index contributed by atoms with van der Waals surface area (Å²) in [6.07, 6.45) is 6.00. The lowest BCUT2D eigenvalue weighted by molar-refractivity contribution is -0.121. The second-order valence-corrected chi connectivity index (χ2v) is 3.99. The summed E-state index contributed by atoms with van der Waals surface area (Å²) >= 11 is 0. The van der Waals surface area contributed by atoms with Crippen LogP contribution >= 0.6 is 0 Å². The van der Waals surface area contributed by atoms with Crippen molar-refractivity contribution in [1.82, 2.24) is 24.6 Å². The van der Waals surface area contributed by atoms with Crippen LogP contribution in [-0.2, 0) is 24.8 Å². The van der Waals surface area contributed by atoms with Crippen LogP contribution in [0.4, 0.5) is 5.82 Å². The molecule has 2 aromatic rings. The number of hydrogen-bond acceptors (Lipinski definition) is 4. The third-order valence-electron chi connectivity index (χ3n) is 2.56. The number of carbonyl (C=O) groups excluding carboxylic acids is 1. The van der Waals surface area contributed by atoms with Gasteiger partial charge in [0.15, 0.2) is 0 Å². The van der Waals surface area contributed by atoms with Crippen LogP contribution in [0.5, 0.6) is 0 Å². The van der Waals surface area contributed by atoms with Crippen molar-refractivity contribution in [2.24, 2.45) is 7.05 Å². The average molecular weight is 248 g/mol. The maximum Gasteiger partial charge on any atom is 0.241 e. The highest BCUT2D eigenvalue weighted by atomic mass is 16.2. The molecule has 0 bridgehead atoms. The lowest BCUT2D eigenvalue weighted by Gasteiger charge is -2.05. The van der Waals surface area contributed by atoms with Gasteiger partial charge in [0.2, 0.25) is 5.91 Å². The lowest BCUT2D eigenvalue weighted by Crippen LogP contribution is -2.30. The molecular formula is C11H16N6O. The summed E-state index contributed by atoms with van der Waals surface area (Å²) in [5, 5.41) is 6.75. The first kappa shape index (κ1) is 12.2. The first-order valence-electron chi connectivity index (χ1n) is 5.67. The van der Waals surface area contributed by atoms with Crippen LogP contribution in [0.3, 0.4) is 0 Å². The molecule has 7 heteroatoms. The Morgan fingerprint density at radius 1 is 1.50 bits per heavy atom. The number of nitrogen functional groups attached to an aromatic ring is 1. The zero-order valence-corrected chi connectivity index (χ0v) is 10.2. The molecule has 0 radical (unpaired) electrons. The number of aryl methyl sites for hydroxylation is 1. The summed E-state index contributed by atoms with van der Waals surface area (Å²) in [5.41, 5.74) is 5.46. The van der Waals surface area contributed by atoms with Crippen LogP contribution < -0.4 is 11.1 Å². The predicted octanol–water partition coefficient (Wildman–Crippen LogP) is -0.442. The fourth-order valence-corrected chi connectivity index (χ4v) is 1.62. The number of carbonyl (C=O) groups is 1. The maximum atomic E-state index is 11.6. The highest BCUT2D eigenvalue weighted by Crippen LogP contribution is 1.96. The second-order valence-electron chi connectivity index (χ2n) is 3.99. The molecule has 2 heterocycles. The Hall–Kier alpha value is -2.31. The van der Waals surface area contributed by atoms with Crippen LogP contribution in [0.15, 0.2) is 24.7 Å². The fraction of sp³-hybridized carbons (Fsp3) is 0.364. The fourth-order valence-electron chi connectivity index (χ4n) is 1.62. The van der Waals surface area contributed by atoms with E-state index in [0.717, 1.165) is 5.82 Å². The van der Waals surface area contributed by atoms with E-state index in [2.05, 4.69) is 15.4 Å². The standard InChI is InChI=1S/C11H16N6O/c1-16-7-5-13-10(16)2-4-14-11(18)8-17-6-3-9(12)15-17/h3,5-7H,2,4,8H2,1H3,(H2,12,15)(H,14,18). The first-order chi connectivity index (χ1) is 8.65. The van der Waals surface area contributed by atoms with Crippen molar-refractivity contribution in [3.05, 3.63) is 30.5 Å². The van der Waals surface area contributed by atoms with Crippen molar-refractivity contribution < 1.29 is 4.79 Å². The van der Waals surface area contributed by atoms with Crippen molar-refractivity contribution in [3.63, 3.8) is 0 Å². The molecule has 3 N–H and O–H groups in total. The van der Waals surface area contributed by atoms with E-state index in [-0.39, 0.29) is 12.5 Å². The molecule has 0 saturated carbocycles. The van der Waals surface area contributed by atoms with E-state index in [1.165, 1.54) is 4.68 Å². The van der Waals surface area contributed by atoms with Crippen molar-refractivity contribution in [2.75, 3.05) is 12.3 Å². The van der Waals surface area contributed by atoms with Crippen molar-refractivity contribution >= 4 is 11.7 Å². The topological polar surface area (TPSA) is 90.8 Å². The van der Waals surface area contributed by atoms with Gasteiger partial charge < -0.3 is 15.6 Å². The third-order valence-corrected chi connectivity index (χ3v) is 2.56. The second kappa shape index (κ2) is 5.35. The van der Waals surface area contributed by atoms with E-state index >= 15 is 0 Å². The Kier molecular flexibility index (Phi) is 3.61. The summed E-state index contributed by atoms with van der Waals surface area (Å²) in [7, 11) is 1.93. The zero-order chi connectivity index (χ0) is 13.0. The van der Waals surface area contributed by atoms with Crippen molar-refractivity contribution in [2.45, 2.75) is 13.0 Å². The van der Waals surface area contributed by atoms with Gasteiger partial charge in [-0.25, -0.2) is 4.98 Å². The van der Waals surface area contributed by atoms with E-state index in [4.69, 9.17) is 5.73 Å². The van der Waals surface area contributed by atoms with Gasteiger partial charge in [-0.15, -0.1) is 0 Å². The molecule has 0 atom stereocenters. The van der Waals surface area contributed by atoms with E-state index in [1.807, 2.05) is 17.8 Å². The van der Waals surface area contributed by atoms with Gasteiger partial charge in [-0.1, -0.05) is 0 Å². The maximum absolute atomic E-state index is 11.6. The molecule has 0 fully saturated rings. The molecule has 7 nitrogen and oxygen atoms in total. The lowest BCUT2D eigenvalue weighted by atomic mass is 10.4. The van der Waals surface area contributed by atoms with Gasteiger partial charge >= 0.3 is 0 Å². The smallest absolute Gasteiger partial charge is 0.241 e. The molecule has 1 amide bonds. The highest BCUT2D eigenvalue weighted by molar-refractivity contribution is 5.75. The molecule has 96 valence electrons. The van der Waals surface area contributed by atoms with Crippen LogP contribution in [0.25, 0.3) is 0 Å². The largest absolute Gasteiger partial charge is 0.382 e. The highest BCUT2D eigenvalue weighted by Gasteiger charge is 2.04. The molecule has 0 spiro atoms. The number of nitrogens with two attached hydrogens (primary N) is 1. The molecular weight excluding hydrogens is 232 g/mol. The van der Waals surface area contributed by atoms with E-state index in [9.17, 15) is 4.79 Å². The van der Waals surface area contributed by atoms with E-state index in [1.54, 1.807) is 18.5 Å². The van der Waals surface area contributed by atoms with Gasteiger partial charge in [-0.3, -0.25) is 9.48 Å². The minimum absolute atomic E-state index is 0.0905. The number of aromatic nitrogens is 4. The van der Waals surface area contributed by atoms with Crippen molar-refractivity contribution in [3.8, 4) is 0 Å². The molecule has 0 unspecified atom stereocenters. The number of nitrogens with one attached hydrogen (secondary N) is 1. The van der Waals surface area contributed by atoms with Gasteiger partial charge in [-0.2, -0.15) is 5.10 Å². The monoisotopic (exact) mass is 248 g/mol. The molecule has 0 saturated heterocycles. The summed E-state index contributed by atoms with van der Waals surface area (Å²) in [5.74, 6) is 1.27. The number of anilines is 1. The predicted molar refractivity (Wildman–Crippen MR) is 66.6 cm³/mol. The molecule has 18 heavy (non-hydrogen) atoms. The summed E-state index contributed by atoms with van der Waals surface area (Å²) < 4.78 is 3.44. The number of nitrogens with zero attached hydrogens (tertiary/aromatic N) is 4. The summed E-state index contributed by atoms with van der Waals surface area (Å²) in [4.78, 5) is 15.8. The number of imidazole rings is 1. The Labute approximate surface area is 105 Å². The third kappa shape index (κ3) is 3.09. The van der Waals surface area contributed by atoms with Crippen molar-refractivity contribution in [1.29, 1.82) is 0 Å². The number of rotatable bonds is 5. The van der Waals surface area contributed by atoms with Gasteiger partial charge in [0.25, 0.3) is 0 Å². The van der Waals surface area contributed by atoms with Gasteiger partial charge in [0.05, 0.1) is 0 Å². The van der Waals surface area contributed by atoms with E-state index < -0.39 is 0 Å². The van der Waals surface area contributed by atoms with Crippen LogP contribution in [0.2, 0.25) is 0 Å². The SMILES string of the molecule is Cn1ccnc1CCNC(=O)Cn1ccc(N)n1. The molecule has 0 aliphatic heterocycles. The number of amides is 1. The molecule has 0 aliphatic rings. The zero-order valence-electron chi connectivity index (χ0n) is 10.2. The minimum atomic E-state index is -0.0905. The summed E-state index contributed by atoms with van der Waals surface area (Å²) in [6.45, 7) is 0.734. The van der Waals surface area contributed by atoms with E-state index in [0.29, 0.717) is 18.8 Å². The summed E-state index contributed by atoms with van der Waals surface area (Å²) in [6, 6.07) is 1.65. The quantitative estimate of drug-likeness (QED) is 0.750. The minimum Gasteiger partial charge on any atom is -0.382 e. The normalized spacial score (nSPS) is 10.5. The van der Waals surface area contributed by atoms with Gasteiger partial charge in [0, 0.05) is 38.6 Å². The molecule has 0 aromatic carbocycles. The molecule has 0 aliphatic carbocycles. The van der Waals surface area contributed by atoms with Crippen LogP contribution in [0.1, 0.15) is 5.82 Å². The number of hydrogen-bond donors (Lipinski definition) is 2. The Bertz CT molecular complexity index is 529. The van der Waals surface area contributed by atoms with Gasteiger partial charge in [-0.05, 0) is 6.07 Å². The Morgan fingerprint density at radius 3 is 2.94 bits per heavy atom.